The van der Waals surface area contributed by atoms with Gasteiger partial charge < -0.3 is 0 Å². The maximum atomic E-state index is 12.1. The van der Waals surface area contributed by atoms with Crippen molar-refractivity contribution >= 4 is 30.9 Å². The van der Waals surface area contributed by atoms with Crippen LogP contribution < -0.4 is 0 Å². The molecule has 2 atom stereocenters. The van der Waals surface area contributed by atoms with Crippen LogP contribution in [0.5, 0.6) is 0 Å². The van der Waals surface area contributed by atoms with Gasteiger partial charge >= 0.3 is 7.75 Å². The van der Waals surface area contributed by atoms with Crippen molar-refractivity contribution in [3.63, 3.8) is 0 Å². The third-order valence-corrected chi connectivity index (χ3v) is 4.35. The molecule has 1 saturated heterocycles. The van der Waals surface area contributed by atoms with Crippen LogP contribution in [0.3, 0.4) is 0 Å². The molecule has 0 bridgehead atoms. The van der Waals surface area contributed by atoms with E-state index in [4.69, 9.17) is 32.2 Å². The van der Waals surface area contributed by atoms with E-state index in [1.54, 1.807) is 4.67 Å². The van der Waals surface area contributed by atoms with Crippen LogP contribution in [-0.2, 0) is 13.6 Å². The molecule has 0 aromatic carbocycles. The summed E-state index contributed by atoms with van der Waals surface area (Å²) in [6, 6.07) is 0. The monoisotopic (exact) mass is 261 g/mol. The lowest BCUT2D eigenvalue weighted by Gasteiger charge is -2.24. The van der Waals surface area contributed by atoms with E-state index in [0.717, 1.165) is 0 Å². The van der Waals surface area contributed by atoms with Crippen molar-refractivity contribution in [3.8, 4) is 0 Å². The van der Waals surface area contributed by atoms with Crippen LogP contribution in [-0.4, -0.2) is 42.2 Å². The fraction of sp³-hybridized carbons (Fsp3) is 1.00. The Hall–Kier alpha value is 0.690. The fourth-order valence-electron chi connectivity index (χ4n) is 1.19. The minimum absolute atomic E-state index is 0.131. The summed E-state index contributed by atoms with van der Waals surface area (Å²) in [4.78, 5) is 0. The van der Waals surface area contributed by atoms with Crippen LogP contribution in [0.2, 0.25) is 0 Å². The van der Waals surface area contributed by atoms with Crippen LogP contribution in [0.15, 0.2) is 0 Å². The minimum Gasteiger partial charge on any atom is -0.294 e. The van der Waals surface area contributed by atoms with Gasteiger partial charge in [-0.1, -0.05) is 0 Å². The Balaban J connectivity index is 2.61. The largest absolute Gasteiger partial charge is 0.408 e. The van der Waals surface area contributed by atoms with E-state index < -0.39 is 7.75 Å². The van der Waals surface area contributed by atoms with Crippen LogP contribution in [0.25, 0.3) is 0 Å². The molecule has 0 amide bonds. The number of hydrogen-bond donors (Lipinski definition) is 0. The Labute approximate surface area is 94.0 Å². The minimum atomic E-state index is -3.10. The molecule has 0 aliphatic carbocycles. The first-order chi connectivity index (χ1) is 6.62. The first-order valence-electron chi connectivity index (χ1n) is 4.42. The second-order valence-corrected chi connectivity index (χ2v) is 5.74. The summed E-state index contributed by atoms with van der Waals surface area (Å²) >= 11 is 11.2. The van der Waals surface area contributed by atoms with Crippen LogP contribution in [0, 0.1) is 0 Å². The number of alkyl halides is 2. The van der Waals surface area contributed by atoms with Crippen molar-refractivity contribution in [1.29, 1.82) is 0 Å². The average molecular weight is 262 g/mol. The summed E-state index contributed by atoms with van der Waals surface area (Å²) < 4.78 is 24.1. The van der Waals surface area contributed by atoms with Gasteiger partial charge in [0.25, 0.3) is 0 Å². The predicted octanol–water partition coefficient (Wildman–Crippen LogP) is 2.31. The molecule has 0 aromatic heterocycles. The van der Waals surface area contributed by atoms with Gasteiger partial charge in [0.15, 0.2) is 0 Å². The molecule has 1 aliphatic rings. The molecular weight excluding hydrogens is 248 g/mol. The van der Waals surface area contributed by atoms with Gasteiger partial charge in [-0.3, -0.25) is 9.05 Å². The number of hydrogen-bond acceptors (Lipinski definition) is 3. The van der Waals surface area contributed by atoms with Crippen LogP contribution in [0.4, 0.5) is 0 Å². The van der Waals surface area contributed by atoms with Crippen molar-refractivity contribution in [1.82, 2.24) is 4.67 Å². The van der Waals surface area contributed by atoms with E-state index in [9.17, 15) is 4.57 Å². The molecular formula is C7H14Cl2NO3P. The number of rotatable bonds is 5. The lowest BCUT2D eigenvalue weighted by Crippen LogP contribution is -2.25. The molecule has 0 spiro atoms. The summed E-state index contributed by atoms with van der Waals surface area (Å²) in [7, 11) is -3.10. The van der Waals surface area contributed by atoms with E-state index in [1.165, 1.54) is 0 Å². The molecule has 1 aliphatic heterocycles. The highest BCUT2D eigenvalue weighted by molar-refractivity contribution is 7.51. The molecule has 14 heavy (non-hydrogen) atoms. The van der Waals surface area contributed by atoms with E-state index in [1.807, 2.05) is 6.92 Å². The maximum Gasteiger partial charge on any atom is 0.408 e. The zero-order chi connectivity index (χ0) is 10.6. The molecule has 4 nitrogen and oxygen atoms in total. The Kier molecular flexibility index (Phi) is 5.18. The third kappa shape index (κ3) is 3.09. The average Bonchev–Trinajstić information content (AvgIpc) is 2.47. The summed E-state index contributed by atoms with van der Waals surface area (Å²) in [6.07, 6.45) is -0.131. The Bertz CT molecular complexity index is 223. The topological polar surface area (TPSA) is 38.8 Å². The molecule has 0 aromatic rings. The third-order valence-electron chi connectivity index (χ3n) is 1.82. The number of halogens is 2. The summed E-state index contributed by atoms with van der Waals surface area (Å²) in [6.45, 7) is 3.09. The normalized spacial score (nSPS) is 32.7. The van der Waals surface area contributed by atoms with Gasteiger partial charge in [-0.05, 0) is 6.92 Å². The van der Waals surface area contributed by atoms with Gasteiger partial charge in [-0.25, -0.2) is 9.24 Å². The Morgan fingerprint density at radius 2 is 2.00 bits per heavy atom. The SMILES string of the molecule is CC1COP(=O)(N(CCCl)CCCl)O1. The van der Waals surface area contributed by atoms with E-state index in [0.29, 0.717) is 31.5 Å². The van der Waals surface area contributed by atoms with Crippen molar-refractivity contribution in [2.75, 3.05) is 31.5 Å². The predicted molar refractivity (Wildman–Crippen MR) is 57.1 cm³/mol. The van der Waals surface area contributed by atoms with Crippen molar-refractivity contribution < 1.29 is 13.6 Å². The van der Waals surface area contributed by atoms with Crippen LogP contribution in [0.1, 0.15) is 6.92 Å². The highest BCUT2D eigenvalue weighted by atomic mass is 35.5. The van der Waals surface area contributed by atoms with Gasteiger partial charge in [-0.2, -0.15) is 0 Å². The molecule has 1 rings (SSSR count). The van der Waals surface area contributed by atoms with Crippen LogP contribution >= 0.6 is 30.9 Å². The molecule has 84 valence electrons. The molecule has 0 radical (unpaired) electrons. The molecule has 7 heteroatoms. The maximum absolute atomic E-state index is 12.1. The summed E-state index contributed by atoms with van der Waals surface area (Å²) in [5, 5.41) is 0. The van der Waals surface area contributed by atoms with Crippen molar-refractivity contribution in [3.05, 3.63) is 0 Å². The van der Waals surface area contributed by atoms with E-state index >= 15 is 0 Å². The van der Waals surface area contributed by atoms with Crippen molar-refractivity contribution in [2.45, 2.75) is 13.0 Å². The zero-order valence-electron chi connectivity index (χ0n) is 7.99. The second kappa shape index (κ2) is 5.69. The smallest absolute Gasteiger partial charge is 0.294 e. The first-order valence-corrected chi connectivity index (χ1v) is 6.99. The standard InChI is InChI=1S/C7H14Cl2NO3P/c1-7-6-12-14(11,13-7)10(4-2-8)5-3-9/h7H,2-6H2,1H3. The van der Waals surface area contributed by atoms with Gasteiger partial charge in [0.05, 0.1) is 12.7 Å². The second-order valence-electron chi connectivity index (χ2n) is 3.01. The Morgan fingerprint density at radius 3 is 2.36 bits per heavy atom. The van der Waals surface area contributed by atoms with Crippen molar-refractivity contribution in [2.24, 2.45) is 0 Å². The quantitative estimate of drug-likeness (QED) is 0.563. The highest BCUT2D eigenvalue weighted by Crippen LogP contribution is 2.56. The molecule has 2 unspecified atom stereocenters. The summed E-state index contributed by atoms with van der Waals surface area (Å²) in [5.41, 5.74) is 0. The van der Waals surface area contributed by atoms with Gasteiger partial charge in [0, 0.05) is 24.8 Å². The molecule has 0 saturated carbocycles. The fourth-order valence-corrected chi connectivity index (χ4v) is 3.79. The Morgan fingerprint density at radius 1 is 1.43 bits per heavy atom. The summed E-state index contributed by atoms with van der Waals surface area (Å²) in [5.74, 6) is 0.754. The molecule has 1 fully saturated rings. The zero-order valence-corrected chi connectivity index (χ0v) is 10.4. The number of nitrogens with zero attached hydrogens (tertiary/aromatic N) is 1. The lowest BCUT2D eigenvalue weighted by atomic mass is 10.5. The highest BCUT2D eigenvalue weighted by Gasteiger charge is 2.40. The van der Waals surface area contributed by atoms with Gasteiger partial charge in [0.1, 0.15) is 0 Å². The van der Waals surface area contributed by atoms with E-state index in [2.05, 4.69) is 0 Å². The molecule has 1 heterocycles. The molecule has 0 N–H and O–H groups in total. The van der Waals surface area contributed by atoms with Gasteiger partial charge in [0.2, 0.25) is 0 Å². The van der Waals surface area contributed by atoms with Gasteiger partial charge in [-0.15, -0.1) is 23.2 Å². The first kappa shape index (κ1) is 12.8. The lowest BCUT2D eigenvalue weighted by molar-refractivity contribution is 0.235. The van der Waals surface area contributed by atoms with E-state index in [-0.39, 0.29) is 6.10 Å².